The Hall–Kier alpha value is -2.09. The fraction of sp³-hybridized carbons (Fsp3) is 0.500. The Morgan fingerprint density at radius 1 is 1.46 bits per heavy atom. The minimum Gasteiger partial charge on any atom is -0.354 e. The first kappa shape index (κ1) is 16.8. The van der Waals surface area contributed by atoms with Crippen molar-refractivity contribution in [3.63, 3.8) is 0 Å². The number of carbonyl (C=O) groups is 1. The van der Waals surface area contributed by atoms with Crippen LogP contribution in [0.2, 0.25) is 0 Å². The summed E-state index contributed by atoms with van der Waals surface area (Å²) in [6, 6.07) is 3.84. The van der Waals surface area contributed by atoms with Gasteiger partial charge in [0, 0.05) is 32.4 Å². The molecule has 3 heterocycles. The molecule has 1 aliphatic heterocycles. The van der Waals surface area contributed by atoms with E-state index in [0.717, 1.165) is 42.6 Å². The van der Waals surface area contributed by atoms with Crippen LogP contribution in [0.1, 0.15) is 29.0 Å². The summed E-state index contributed by atoms with van der Waals surface area (Å²) in [4.78, 5) is 23.5. The summed E-state index contributed by atoms with van der Waals surface area (Å²) in [6.07, 6.45) is 5.75. The number of anilines is 1. The van der Waals surface area contributed by atoms with Gasteiger partial charge in [0.25, 0.3) is 5.91 Å². The number of piperidine rings is 1. The van der Waals surface area contributed by atoms with Gasteiger partial charge in [0.15, 0.2) is 5.16 Å². The molecule has 2 aromatic rings. The lowest BCUT2D eigenvalue weighted by Crippen LogP contribution is -2.48. The van der Waals surface area contributed by atoms with Crippen molar-refractivity contribution in [1.29, 1.82) is 0 Å². The van der Waals surface area contributed by atoms with Crippen LogP contribution in [0.3, 0.4) is 0 Å². The Morgan fingerprint density at radius 3 is 3.00 bits per heavy atom. The number of hydrogen-bond donors (Lipinski definition) is 1. The highest BCUT2D eigenvalue weighted by Crippen LogP contribution is 2.20. The fourth-order valence-electron chi connectivity index (χ4n) is 2.99. The number of carbonyl (C=O) groups excluding carboxylic acids is 1. The fourth-order valence-corrected chi connectivity index (χ4v) is 3.34. The highest BCUT2D eigenvalue weighted by molar-refractivity contribution is 7.98. The van der Waals surface area contributed by atoms with Crippen molar-refractivity contribution >= 4 is 23.5 Å². The normalized spacial score (nSPS) is 17.8. The number of aryl methyl sites for hydroxylation is 2. The van der Waals surface area contributed by atoms with E-state index in [-0.39, 0.29) is 11.9 Å². The van der Waals surface area contributed by atoms with E-state index in [0.29, 0.717) is 5.69 Å². The topological polar surface area (TPSA) is 75.9 Å². The Kier molecular flexibility index (Phi) is 5.03. The van der Waals surface area contributed by atoms with Gasteiger partial charge in [-0.2, -0.15) is 5.10 Å². The molecule has 0 bridgehead atoms. The minimum absolute atomic E-state index is 0.0718. The smallest absolute Gasteiger partial charge is 0.269 e. The van der Waals surface area contributed by atoms with E-state index in [1.807, 2.05) is 25.3 Å². The van der Waals surface area contributed by atoms with Crippen molar-refractivity contribution in [2.24, 2.45) is 7.05 Å². The lowest BCUT2D eigenvalue weighted by atomic mass is 10.1. The predicted molar refractivity (Wildman–Crippen MR) is 94.5 cm³/mol. The zero-order chi connectivity index (χ0) is 17.1. The average Bonchev–Trinajstić information content (AvgIpc) is 2.93. The van der Waals surface area contributed by atoms with Gasteiger partial charge in [-0.3, -0.25) is 9.48 Å². The zero-order valence-corrected chi connectivity index (χ0v) is 15.0. The van der Waals surface area contributed by atoms with E-state index in [1.54, 1.807) is 17.9 Å². The number of aromatic nitrogens is 4. The van der Waals surface area contributed by atoms with E-state index in [1.165, 1.54) is 11.8 Å². The third-order valence-electron chi connectivity index (χ3n) is 4.12. The van der Waals surface area contributed by atoms with Gasteiger partial charge in [0.05, 0.1) is 5.69 Å². The molecular formula is C16H22N6OS. The molecular weight excluding hydrogens is 324 g/mol. The number of hydrogen-bond acceptors (Lipinski definition) is 6. The van der Waals surface area contributed by atoms with Gasteiger partial charge < -0.3 is 10.2 Å². The van der Waals surface area contributed by atoms with Gasteiger partial charge in [-0.05, 0) is 38.2 Å². The van der Waals surface area contributed by atoms with E-state index in [2.05, 4.69) is 25.3 Å². The van der Waals surface area contributed by atoms with Crippen LogP contribution in [0.5, 0.6) is 0 Å². The maximum absolute atomic E-state index is 12.5. The van der Waals surface area contributed by atoms with E-state index in [4.69, 9.17) is 0 Å². The van der Waals surface area contributed by atoms with E-state index < -0.39 is 0 Å². The van der Waals surface area contributed by atoms with Crippen molar-refractivity contribution in [2.75, 3.05) is 24.2 Å². The third kappa shape index (κ3) is 3.69. The van der Waals surface area contributed by atoms with Gasteiger partial charge in [0.2, 0.25) is 0 Å². The van der Waals surface area contributed by atoms with Crippen LogP contribution < -0.4 is 10.2 Å². The number of thioether (sulfide) groups is 1. The van der Waals surface area contributed by atoms with Crippen LogP contribution in [-0.2, 0) is 7.05 Å². The molecule has 0 spiro atoms. The standard InChI is InChI=1S/C16H22N6OS/c1-11-9-13(21(2)20-11)15(23)18-12-5-4-8-22(10-12)14-6-7-17-16(19-14)24-3/h6-7,9,12H,4-5,8,10H2,1-3H3,(H,18,23). The van der Waals surface area contributed by atoms with Crippen LogP contribution in [0.4, 0.5) is 5.82 Å². The molecule has 128 valence electrons. The molecule has 24 heavy (non-hydrogen) atoms. The molecule has 0 radical (unpaired) electrons. The average molecular weight is 346 g/mol. The predicted octanol–water partition coefficient (Wildman–Crippen LogP) is 1.64. The molecule has 1 amide bonds. The molecule has 0 aliphatic carbocycles. The molecule has 1 unspecified atom stereocenters. The number of rotatable bonds is 4. The van der Waals surface area contributed by atoms with E-state index in [9.17, 15) is 4.79 Å². The molecule has 1 aliphatic rings. The first-order valence-corrected chi connectivity index (χ1v) is 9.23. The SMILES string of the molecule is CSc1nccc(N2CCCC(NC(=O)c3cc(C)nn3C)C2)n1. The zero-order valence-electron chi connectivity index (χ0n) is 14.2. The second-order valence-electron chi connectivity index (χ2n) is 5.95. The van der Waals surface area contributed by atoms with Crippen molar-refractivity contribution < 1.29 is 4.79 Å². The second kappa shape index (κ2) is 7.21. The maximum atomic E-state index is 12.5. The van der Waals surface area contributed by atoms with Crippen LogP contribution >= 0.6 is 11.8 Å². The van der Waals surface area contributed by atoms with Gasteiger partial charge >= 0.3 is 0 Å². The Bertz CT molecular complexity index is 731. The summed E-state index contributed by atoms with van der Waals surface area (Å²) in [7, 11) is 1.79. The van der Waals surface area contributed by atoms with E-state index >= 15 is 0 Å². The Labute approximate surface area is 145 Å². The summed E-state index contributed by atoms with van der Waals surface area (Å²) in [5, 5.41) is 8.13. The molecule has 1 N–H and O–H groups in total. The largest absolute Gasteiger partial charge is 0.354 e. The monoisotopic (exact) mass is 346 g/mol. The highest BCUT2D eigenvalue weighted by atomic mass is 32.2. The van der Waals surface area contributed by atoms with Gasteiger partial charge in [-0.1, -0.05) is 11.8 Å². The Balaban J connectivity index is 1.67. The molecule has 0 aromatic carbocycles. The molecule has 3 rings (SSSR count). The highest BCUT2D eigenvalue weighted by Gasteiger charge is 2.24. The summed E-state index contributed by atoms with van der Waals surface area (Å²) in [5.41, 5.74) is 1.44. The molecule has 2 aromatic heterocycles. The third-order valence-corrected chi connectivity index (χ3v) is 4.68. The first-order chi connectivity index (χ1) is 11.6. The maximum Gasteiger partial charge on any atom is 0.269 e. The van der Waals surface area contributed by atoms with Crippen molar-refractivity contribution in [2.45, 2.75) is 31.0 Å². The second-order valence-corrected chi connectivity index (χ2v) is 6.73. The summed E-state index contributed by atoms with van der Waals surface area (Å²) >= 11 is 1.53. The van der Waals surface area contributed by atoms with Crippen molar-refractivity contribution in [1.82, 2.24) is 25.1 Å². The van der Waals surface area contributed by atoms with Crippen LogP contribution in [0.15, 0.2) is 23.5 Å². The van der Waals surface area contributed by atoms with Crippen LogP contribution in [-0.4, -0.2) is 51.0 Å². The minimum atomic E-state index is -0.0718. The lowest BCUT2D eigenvalue weighted by Gasteiger charge is -2.34. The molecule has 8 heteroatoms. The number of nitrogens with one attached hydrogen (secondary N) is 1. The summed E-state index contributed by atoms with van der Waals surface area (Å²) in [5.74, 6) is 0.849. The van der Waals surface area contributed by atoms with Crippen molar-refractivity contribution in [3.05, 3.63) is 29.7 Å². The summed E-state index contributed by atoms with van der Waals surface area (Å²) in [6.45, 7) is 3.59. The number of amides is 1. The van der Waals surface area contributed by atoms with Crippen LogP contribution in [0, 0.1) is 6.92 Å². The molecule has 7 nitrogen and oxygen atoms in total. The molecule has 1 fully saturated rings. The van der Waals surface area contributed by atoms with Crippen molar-refractivity contribution in [3.8, 4) is 0 Å². The van der Waals surface area contributed by atoms with Crippen LogP contribution in [0.25, 0.3) is 0 Å². The van der Waals surface area contributed by atoms with Gasteiger partial charge in [-0.15, -0.1) is 0 Å². The quantitative estimate of drug-likeness (QED) is 0.670. The van der Waals surface area contributed by atoms with Gasteiger partial charge in [-0.25, -0.2) is 9.97 Å². The number of nitrogens with zero attached hydrogens (tertiary/aromatic N) is 5. The molecule has 1 atom stereocenters. The Morgan fingerprint density at radius 2 is 2.29 bits per heavy atom. The molecule has 1 saturated heterocycles. The lowest BCUT2D eigenvalue weighted by molar-refractivity contribution is 0.0923. The first-order valence-electron chi connectivity index (χ1n) is 8.00. The summed E-state index contributed by atoms with van der Waals surface area (Å²) < 4.78 is 1.63. The molecule has 0 saturated carbocycles. The van der Waals surface area contributed by atoms with Gasteiger partial charge in [0.1, 0.15) is 11.5 Å².